The zero-order valence-corrected chi connectivity index (χ0v) is 18.2. The molecule has 4 rings (SSSR count). The molecule has 1 aliphatic carbocycles. The van der Waals surface area contributed by atoms with Crippen LogP contribution in [-0.2, 0) is 6.42 Å². The Hall–Kier alpha value is -3.03. The maximum Gasteiger partial charge on any atom is 0.205 e. The minimum atomic E-state index is 0.653. The van der Waals surface area contributed by atoms with Crippen LogP contribution in [0.2, 0.25) is 0 Å². The van der Waals surface area contributed by atoms with E-state index in [0.29, 0.717) is 5.13 Å². The van der Waals surface area contributed by atoms with Crippen LogP contribution in [-0.4, -0.2) is 18.3 Å². The Bertz CT molecular complexity index is 1130. The van der Waals surface area contributed by atoms with Gasteiger partial charge in [0.15, 0.2) is 5.00 Å². The zero-order valence-electron chi connectivity index (χ0n) is 16.6. The van der Waals surface area contributed by atoms with Crippen molar-refractivity contribution < 1.29 is 4.74 Å². The number of aryl methyl sites for hydroxylation is 2. The zero-order chi connectivity index (χ0) is 20.9. The van der Waals surface area contributed by atoms with Crippen LogP contribution in [0.25, 0.3) is 5.03 Å². The van der Waals surface area contributed by atoms with Crippen molar-refractivity contribution in [2.24, 2.45) is 15.3 Å². The highest BCUT2D eigenvalue weighted by atomic mass is 35.5. The van der Waals surface area contributed by atoms with Crippen LogP contribution in [0.15, 0.2) is 69.4 Å². The van der Waals surface area contributed by atoms with Crippen molar-refractivity contribution in [3.8, 4) is 5.75 Å². The molecule has 0 aliphatic heterocycles. The summed E-state index contributed by atoms with van der Waals surface area (Å²) in [4.78, 5) is 4.46. The Morgan fingerprint density at radius 2 is 1.90 bits per heavy atom. The number of benzene rings is 2. The topological polar surface area (TPSA) is 71.2 Å². The van der Waals surface area contributed by atoms with Gasteiger partial charge >= 0.3 is 0 Å². The fourth-order valence-electron chi connectivity index (χ4n) is 3.07. The molecule has 0 radical (unpaired) electrons. The molecule has 152 valence electrons. The first kappa shape index (κ1) is 20.3. The number of hydrogen-bond donors (Lipinski definition) is 1. The molecule has 6 nitrogen and oxygen atoms in total. The summed E-state index contributed by atoms with van der Waals surface area (Å²) in [7, 11) is 1.63. The number of hydrogen-bond acceptors (Lipinski definition) is 7. The van der Waals surface area contributed by atoms with Gasteiger partial charge in [0.05, 0.1) is 29.7 Å². The summed E-state index contributed by atoms with van der Waals surface area (Å²) >= 11 is 7.95. The third kappa shape index (κ3) is 4.58. The van der Waals surface area contributed by atoms with E-state index in [2.05, 4.69) is 31.8 Å². The minimum absolute atomic E-state index is 0.653. The van der Waals surface area contributed by atoms with Crippen LogP contribution in [0.3, 0.4) is 0 Å². The Labute approximate surface area is 184 Å². The van der Waals surface area contributed by atoms with Gasteiger partial charge in [-0.1, -0.05) is 47.2 Å². The average Bonchev–Trinajstić information content (AvgIpc) is 3.13. The summed E-state index contributed by atoms with van der Waals surface area (Å²) in [5.41, 5.74) is 7.88. The standard InChI is InChI=1S/C22H20ClN5OS/c1-14-21(27-26-17-9-11-18(29-2)12-10-17)30-22(25-14)28-24-13-16-8-7-15-5-3-4-6-19(15)20(16)23/h3-6,9-13H,7-8H2,1-2H3,(H,25,28)/b24-13+,27-26?. The van der Waals surface area contributed by atoms with Gasteiger partial charge in [-0.3, -0.25) is 5.43 Å². The molecule has 30 heavy (non-hydrogen) atoms. The van der Waals surface area contributed by atoms with Gasteiger partial charge in [-0.05, 0) is 60.7 Å². The van der Waals surface area contributed by atoms with Crippen LogP contribution < -0.4 is 10.2 Å². The number of ether oxygens (including phenoxy) is 1. The van der Waals surface area contributed by atoms with Crippen LogP contribution in [0.1, 0.15) is 23.2 Å². The maximum absolute atomic E-state index is 6.56. The molecule has 1 aliphatic rings. The largest absolute Gasteiger partial charge is 0.497 e. The number of anilines is 1. The highest BCUT2D eigenvalue weighted by molar-refractivity contribution is 7.19. The van der Waals surface area contributed by atoms with E-state index in [9.17, 15) is 0 Å². The lowest BCUT2D eigenvalue weighted by molar-refractivity contribution is 0.415. The molecule has 0 saturated heterocycles. The predicted octanol–water partition coefficient (Wildman–Crippen LogP) is 6.87. The van der Waals surface area contributed by atoms with Crippen molar-refractivity contribution >= 4 is 50.0 Å². The van der Waals surface area contributed by atoms with Gasteiger partial charge in [-0.25, -0.2) is 4.98 Å². The van der Waals surface area contributed by atoms with Crippen LogP contribution >= 0.6 is 22.9 Å². The maximum atomic E-state index is 6.56. The first-order valence-electron chi connectivity index (χ1n) is 9.43. The number of methoxy groups -OCH3 is 1. The molecule has 1 heterocycles. The molecule has 2 aromatic carbocycles. The van der Waals surface area contributed by atoms with Crippen molar-refractivity contribution in [2.75, 3.05) is 12.5 Å². The lowest BCUT2D eigenvalue weighted by Crippen LogP contribution is -2.04. The van der Waals surface area contributed by atoms with Gasteiger partial charge < -0.3 is 4.74 Å². The molecular formula is C22H20ClN5OS. The molecule has 0 amide bonds. The average molecular weight is 438 g/mol. The smallest absolute Gasteiger partial charge is 0.205 e. The second-order valence-corrected chi connectivity index (χ2v) is 8.03. The number of nitrogens with one attached hydrogen (secondary N) is 1. The Morgan fingerprint density at radius 3 is 2.70 bits per heavy atom. The van der Waals surface area contributed by atoms with Gasteiger partial charge in [0.1, 0.15) is 5.75 Å². The van der Waals surface area contributed by atoms with Crippen LogP contribution in [0, 0.1) is 6.92 Å². The molecule has 3 aromatic rings. The number of thiazole rings is 1. The van der Waals surface area contributed by atoms with Gasteiger partial charge in [-0.2, -0.15) is 5.10 Å². The second kappa shape index (κ2) is 9.19. The second-order valence-electron chi connectivity index (χ2n) is 6.67. The van der Waals surface area contributed by atoms with Crippen LogP contribution in [0.5, 0.6) is 5.75 Å². The SMILES string of the molecule is COc1ccc(N=Nc2sc(N/N=C/C3=C(Cl)c4ccccc4CC3)nc2C)cc1. The van der Waals surface area contributed by atoms with Crippen molar-refractivity contribution in [2.45, 2.75) is 19.8 Å². The van der Waals surface area contributed by atoms with Gasteiger partial charge in [0.25, 0.3) is 0 Å². The number of halogens is 1. The molecule has 8 heteroatoms. The monoisotopic (exact) mass is 437 g/mol. The summed E-state index contributed by atoms with van der Waals surface area (Å²) in [6, 6.07) is 15.6. The fraction of sp³-hybridized carbons (Fsp3) is 0.182. The summed E-state index contributed by atoms with van der Waals surface area (Å²) in [6.45, 7) is 1.89. The van der Waals surface area contributed by atoms with Crippen molar-refractivity contribution in [1.82, 2.24) is 4.98 Å². The number of azo groups is 1. The third-order valence-electron chi connectivity index (χ3n) is 4.68. The molecule has 0 spiro atoms. The number of hydrazone groups is 1. The minimum Gasteiger partial charge on any atom is -0.497 e. The van der Waals surface area contributed by atoms with Crippen molar-refractivity contribution in [1.29, 1.82) is 0 Å². The molecule has 0 saturated carbocycles. The quantitative estimate of drug-likeness (QED) is 0.260. The molecule has 0 atom stereocenters. The Kier molecular flexibility index (Phi) is 6.21. The third-order valence-corrected chi connectivity index (χ3v) is 6.07. The highest BCUT2D eigenvalue weighted by Crippen LogP contribution is 2.34. The molecule has 1 N–H and O–H groups in total. The number of rotatable bonds is 6. The van der Waals surface area contributed by atoms with E-state index in [0.717, 1.165) is 51.1 Å². The Morgan fingerprint density at radius 1 is 1.10 bits per heavy atom. The molecule has 1 aromatic heterocycles. The number of aromatic nitrogens is 1. The molecule has 0 bridgehead atoms. The normalized spacial score (nSPS) is 13.8. The van der Waals surface area contributed by atoms with Crippen molar-refractivity contribution in [3.63, 3.8) is 0 Å². The summed E-state index contributed by atoms with van der Waals surface area (Å²) in [6.07, 6.45) is 3.59. The number of allylic oxidation sites excluding steroid dienone is 1. The van der Waals surface area contributed by atoms with E-state index in [4.69, 9.17) is 16.3 Å². The van der Waals surface area contributed by atoms with E-state index < -0.39 is 0 Å². The molecular weight excluding hydrogens is 418 g/mol. The van der Waals surface area contributed by atoms with E-state index in [1.165, 1.54) is 16.9 Å². The lowest BCUT2D eigenvalue weighted by Gasteiger charge is -2.17. The van der Waals surface area contributed by atoms with E-state index in [1.807, 2.05) is 49.4 Å². The van der Waals surface area contributed by atoms with Gasteiger partial charge in [0, 0.05) is 0 Å². The number of nitrogens with zero attached hydrogens (tertiary/aromatic N) is 4. The number of fused-ring (bicyclic) bond motifs is 1. The van der Waals surface area contributed by atoms with Crippen molar-refractivity contribution in [3.05, 3.63) is 70.9 Å². The Balaban J connectivity index is 1.43. The summed E-state index contributed by atoms with van der Waals surface area (Å²) in [5.74, 6) is 0.781. The first-order chi connectivity index (χ1) is 14.6. The van der Waals surface area contributed by atoms with Crippen LogP contribution in [0.4, 0.5) is 15.8 Å². The summed E-state index contributed by atoms with van der Waals surface area (Å²) in [5, 5.41) is 15.0. The van der Waals surface area contributed by atoms with Gasteiger partial charge in [-0.15, -0.1) is 10.2 Å². The van der Waals surface area contributed by atoms with E-state index >= 15 is 0 Å². The van der Waals surface area contributed by atoms with E-state index in [1.54, 1.807) is 13.3 Å². The highest BCUT2D eigenvalue weighted by Gasteiger charge is 2.15. The lowest BCUT2D eigenvalue weighted by atomic mass is 9.92. The predicted molar refractivity (Wildman–Crippen MR) is 124 cm³/mol. The first-order valence-corrected chi connectivity index (χ1v) is 10.6. The van der Waals surface area contributed by atoms with E-state index in [-0.39, 0.29) is 0 Å². The van der Waals surface area contributed by atoms with Gasteiger partial charge in [0.2, 0.25) is 5.13 Å². The fourth-order valence-corrected chi connectivity index (χ4v) is 4.14. The molecule has 0 fully saturated rings. The summed E-state index contributed by atoms with van der Waals surface area (Å²) < 4.78 is 5.15. The molecule has 0 unspecified atom stereocenters.